The molecule has 4 nitrogen and oxygen atoms in total. The fourth-order valence-electron chi connectivity index (χ4n) is 2.32. The molecule has 1 amide bonds. The van der Waals surface area contributed by atoms with Crippen molar-refractivity contribution in [3.63, 3.8) is 0 Å². The number of ether oxygens (including phenoxy) is 1. The number of amides is 1. The zero-order valence-corrected chi connectivity index (χ0v) is 15.4. The predicted octanol–water partition coefficient (Wildman–Crippen LogP) is 4.39. The van der Waals surface area contributed by atoms with Gasteiger partial charge in [-0.2, -0.15) is 0 Å². The second-order valence-electron chi connectivity index (χ2n) is 5.79. The average Bonchev–Trinajstić information content (AvgIpc) is 3.19. The number of hydrogen-bond donors (Lipinski definition) is 0. The van der Waals surface area contributed by atoms with E-state index in [0.29, 0.717) is 13.2 Å². The molecule has 132 valence electrons. The third-order valence-electron chi connectivity index (χ3n) is 3.76. The largest absolute Gasteiger partial charge is 0.487 e. The molecule has 0 unspecified atom stereocenters. The highest BCUT2D eigenvalue weighted by Gasteiger charge is 2.06. The second-order valence-corrected chi connectivity index (χ2v) is 6.82. The van der Waals surface area contributed by atoms with Crippen molar-refractivity contribution in [3.8, 4) is 5.75 Å². The van der Waals surface area contributed by atoms with E-state index in [1.165, 1.54) is 4.88 Å². The molecule has 0 saturated heterocycles. The highest BCUT2D eigenvalue weighted by atomic mass is 32.1. The molecule has 0 fully saturated rings. The van der Waals surface area contributed by atoms with Gasteiger partial charge in [0.05, 0.1) is 12.2 Å². The molecule has 26 heavy (non-hydrogen) atoms. The number of hydrogen-bond acceptors (Lipinski definition) is 4. The highest BCUT2D eigenvalue weighted by Crippen LogP contribution is 2.15. The van der Waals surface area contributed by atoms with Crippen LogP contribution in [0.3, 0.4) is 0 Å². The van der Waals surface area contributed by atoms with E-state index >= 15 is 0 Å². The molecule has 0 saturated carbocycles. The monoisotopic (exact) mass is 364 g/mol. The Labute approximate surface area is 157 Å². The number of benzene rings is 1. The number of pyridine rings is 1. The standard InChI is InChI=1S/C21H20N2O2S/c1-23(15-20-6-4-14-26-20)21(24)12-9-17-7-10-19(11-8-17)25-16-18-5-2-3-13-22-18/h2-14H,15-16H2,1H3/b12-9+. The quantitative estimate of drug-likeness (QED) is 0.584. The third-order valence-corrected chi connectivity index (χ3v) is 4.62. The predicted molar refractivity (Wildman–Crippen MR) is 105 cm³/mol. The van der Waals surface area contributed by atoms with E-state index in [9.17, 15) is 4.79 Å². The van der Waals surface area contributed by atoms with E-state index < -0.39 is 0 Å². The van der Waals surface area contributed by atoms with Crippen LogP contribution in [0.5, 0.6) is 5.75 Å². The van der Waals surface area contributed by atoms with Gasteiger partial charge in [0.25, 0.3) is 0 Å². The minimum atomic E-state index is -0.0196. The zero-order chi connectivity index (χ0) is 18.2. The third kappa shape index (κ3) is 5.29. The Hall–Kier alpha value is -2.92. The summed E-state index contributed by atoms with van der Waals surface area (Å²) in [6.45, 7) is 1.06. The van der Waals surface area contributed by atoms with Gasteiger partial charge in [-0.3, -0.25) is 9.78 Å². The lowest BCUT2D eigenvalue weighted by atomic mass is 10.2. The minimum Gasteiger partial charge on any atom is -0.487 e. The summed E-state index contributed by atoms with van der Waals surface area (Å²) in [4.78, 5) is 19.3. The maximum atomic E-state index is 12.2. The minimum absolute atomic E-state index is 0.0196. The van der Waals surface area contributed by atoms with Crippen molar-refractivity contribution in [2.45, 2.75) is 13.2 Å². The van der Waals surface area contributed by atoms with Crippen LogP contribution >= 0.6 is 11.3 Å². The van der Waals surface area contributed by atoms with Gasteiger partial charge in [-0.1, -0.05) is 24.3 Å². The summed E-state index contributed by atoms with van der Waals surface area (Å²) >= 11 is 1.65. The SMILES string of the molecule is CN(Cc1cccs1)C(=O)/C=C/c1ccc(OCc2ccccn2)cc1. The Kier molecular flexibility index (Phi) is 6.17. The summed E-state index contributed by atoms with van der Waals surface area (Å²) in [5.41, 5.74) is 1.84. The van der Waals surface area contributed by atoms with Gasteiger partial charge >= 0.3 is 0 Å². The number of rotatable bonds is 7. The number of thiophene rings is 1. The molecule has 3 aromatic rings. The Morgan fingerprint density at radius 3 is 2.69 bits per heavy atom. The molecule has 0 radical (unpaired) electrons. The molecule has 0 aliphatic carbocycles. The fraction of sp³-hybridized carbons (Fsp3) is 0.143. The first-order valence-corrected chi connectivity index (χ1v) is 9.17. The molecule has 0 bridgehead atoms. The van der Waals surface area contributed by atoms with Gasteiger partial charge < -0.3 is 9.64 Å². The highest BCUT2D eigenvalue weighted by molar-refractivity contribution is 7.09. The Morgan fingerprint density at radius 2 is 2.00 bits per heavy atom. The van der Waals surface area contributed by atoms with Gasteiger partial charge in [0.15, 0.2) is 0 Å². The van der Waals surface area contributed by atoms with Crippen LogP contribution in [0.25, 0.3) is 6.08 Å². The van der Waals surface area contributed by atoms with Gasteiger partial charge in [-0.25, -0.2) is 0 Å². The van der Waals surface area contributed by atoms with Gasteiger partial charge in [0.2, 0.25) is 5.91 Å². The Bertz CT molecular complexity index is 843. The van der Waals surface area contributed by atoms with Crippen molar-refractivity contribution in [1.29, 1.82) is 0 Å². The lowest BCUT2D eigenvalue weighted by Gasteiger charge is -2.13. The van der Waals surface area contributed by atoms with E-state index in [4.69, 9.17) is 4.74 Å². The van der Waals surface area contributed by atoms with Crippen LogP contribution in [0.15, 0.2) is 72.3 Å². The van der Waals surface area contributed by atoms with E-state index in [2.05, 4.69) is 4.98 Å². The van der Waals surface area contributed by atoms with Crippen molar-refractivity contribution in [2.75, 3.05) is 7.05 Å². The van der Waals surface area contributed by atoms with Crippen molar-refractivity contribution >= 4 is 23.3 Å². The number of carbonyl (C=O) groups excluding carboxylic acids is 1. The smallest absolute Gasteiger partial charge is 0.246 e. The van der Waals surface area contributed by atoms with Crippen molar-refractivity contribution < 1.29 is 9.53 Å². The lowest BCUT2D eigenvalue weighted by Crippen LogP contribution is -2.23. The van der Waals surface area contributed by atoms with Gasteiger partial charge in [-0.05, 0) is 47.4 Å². The Balaban J connectivity index is 1.51. The summed E-state index contributed by atoms with van der Waals surface area (Å²) in [5.74, 6) is 0.753. The molecule has 3 rings (SSSR count). The van der Waals surface area contributed by atoms with Gasteiger partial charge in [0.1, 0.15) is 12.4 Å². The van der Waals surface area contributed by atoms with Crippen LogP contribution in [-0.2, 0) is 17.9 Å². The number of likely N-dealkylation sites (N-methyl/N-ethyl adjacent to an activating group) is 1. The molecule has 0 spiro atoms. The van der Waals surface area contributed by atoms with E-state index in [1.54, 1.807) is 35.6 Å². The molecular formula is C21H20N2O2S. The zero-order valence-electron chi connectivity index (χ0n) is 14.5. The van der Waals surface area contributed by atoms with E-state index in [-0.39, 0.29) is 5.91 Å². The van der Waals surface area contributed by atoms with E-state index in [0.717, 1.165) is 17.0 Å². The summed E-state index contributed by atoms with van der Waals surface area (Å²) in [5, 5.41) is 2.01. The first-order valence-electron chi connectivity index (χ1n) is 8.29. The number of carbonyl (C=O) groups is 1. The molecule has 0 aliphatic heterocycles. The molecule has 5 heteroatoms. The van der Waals surface area contributed by atoms with Crippen LogP contribution < -0.4 is 4.74 Å². The first kappa shape index (κ1) is 17.9. The second kappa shape index (κ2) is 8.97. The van der Waals surface area contributed by atoms with Crippen molar-refractivity contribution in [3.05, 3.63) is 88.4 Å². The summed E-state index contributed by atoms with van der Waals surface area (Å²) in [6.07, 6.45) is 5.16. The summed E-state index contributed by atoms with van der Waals surface area (Å²) < 4.78 is 5.71. The van der Waals surface area contributed by atoms with Gasteiger partial charge in [0, 0.05) is 24.2 Å². The first-order chi connectivity index (χ1) is 12.7. The van der Waals surface area contributed by atoms with Crippen molar-refractivity contribution in [2.24, 2.45) is 0 Å². The van der Waals surface area contributed by atoms with Crippen LogP contribution in [0.4, 0.5) is 0 Å². The maximum Gasteiger partial charge on any atom is 0.246 e. The summed E-state index contributed by atoms with van der Waals surface area (Å²) in [7, 11) is 1.81. The van der Waals surface area contributed by atoms with Crippen LogP contribution in [0.2, 0.25) is 0 Å². The number of nitrogens with zero attached hydrogens (tertiary/aromatic N) is 2. The van der Waals surface area contributed by atoms with Crippen LogP contribution in [0, 0.1) is 0 Å². The van der Waals surface area contributed by atoms with Crippen LogP contribution in [0.1, 0.15) is 16.1 Å². The molecule has 2 aromatic heterocycles. The van der Waals surface area contributed by atoms with Crippen LogP contribution in [-0.4, -0.2) is 22.8 Å². The van der Waals surface area contributed by atoms with E-state index in [1.807, 2.05) is 66.1 Å². The molecule has 0 N–H and O–H groups in total. The molecule has 0 atom stereocenters. The molecule has 1 aromatic carbocycles. The molecular weight excluding hydrogens is 344 g/mol. The number of aromatic nitrogens is 1. The molecule has 0 aliphatic rings. The van der Waals surface area contributed by atoms with Gasteiger partial charge in [-0.15, -0.1) is 11.3 Å². The van der Waals surface area contributed by atoms with Crippen molar-refractivity contribution in [1.82, 2.24) is 9.88 Å². The normalized spacial score (nSPS) is 10.8. The average molecular weight is 364 g/mol. The fourth-order valence-corrected chi connectivity index (χ4v) is 3.08. The topological polar surface area (TPSA) is 42.4 Å². The molecule has 2 heterocycles. The summed E-state index contributed by atoms with van der Waals surface area (Å²) in [6, 6.07) is 17.4. The maximum absolute atomic E-state index is 12.2. The lowest BCUT2D eigenvalue weighted by molar-refractivity contribution is -0.125. The Morgan fingerprint density at radius 1 is 1.15 bits per heavy atom.